The van der Waals surface area contributed by atoms with E-state index in [1.54, 1.807) is 0 Å². The molecule has 3 rings (SSSR count). The first-order valence-electron chi connectivity index (χ1n) is 8.94. The Labute approximate surface area is 171 Å². The molecule has 0 aliphatic heterocycles. The molecule has 1 aromatic heterocycles. The second-order valence-corrected chi connectivity index (χ2v) is 7.05. The standard InChI is InChI=1S/C20H20F2N4O2S/c1-3-26-18(16-7-5-4-6-13(16)2)24-25-20(26)29-12-17(27)23-14-8-10-15(11-9-14)28-19(21)22/h4-11,19H,3,12H2,1-2H3,(H,23,27). The van der Waals surface area contributed by atoms with Crippen LogP contribution >= 0.6 is 11.8 Å². The molecule has 0 fully saturated rings. The number of carbonyl (C=O) groups is 1. The fraction of sp³-hybridized carbons (Fsp3) is 0.250. The highest BCUT2D eigenvalue weighted by Gasteiger charge is 2.16. The lowest BCUT2D eigenvalue weighted by atomic mass is 10.1. The van der Waals surface area contributed by atoms with E-state index in [4.69, 9.17) is 0 Å². The smallest absolute Gasteiger partial charge is 0.387 e. The van der Waals surface area contributed by atoms with E-state index >= 15 is 0 Å². The molecule has 0 unspecified atom stereocenters. The van der Waals surface area contributed by atoms with Crippen LogP contribution in [0.1, 0.15) is 12.5 Å². The van der Waals surface area contributed by atoms with Gasteiger partial charge in [-0.25, -0.2) is 0 Å². The quantitative estimate of drug-likeness (QED) is 0.541. The Morgan fingerprint density at radius 2 is 1.90 bits per heavy atom. The molecule has 1 heterocycles. The second kappa shape index (κ2) is 9.51. The van der Waals surface area contributed by atoms with Gasteiger partial charge in [0.15, 0.2) is 11.0 Å². The minimum Gasteiger partial charge on any atom is -0.435 e. The van der Waals surface area contributed by atoms with Gasteiger partial charge in [-0.2, -0.15) is 8.78 Å². The maximum absolute atomic E-state index is 12.2. The number of ether oxygens (including phenoxy) is 1. The summed E-state index contributed by atoms with van der Waals surface area (Å²) in [6.45, 7) is 1.80. The Hall–Kier alpha value is -2.94. The molecular weight excluding hydrogens is 398 g/mol. The summed E-state index contributed by atoms with van der Waals surface area (Å²) in [6.07, 6.45) is 0. The van der Waals surface area contributed by atoms with Gasteiger partial charge in [0.1, 0.15) is 5.75 Å². The van der Waals surface area contributed by atoms with Crippen molar-refractivity contribution in [3.05, 3.63) is 54.1 Å². The average Bonchev–Trinajstić information content (AvgIpc) is 3.10. The van der Waals surface area contributed by atoms with Crippen molar-refractivity contribution < 1.29 is 18.3 Å². The normalized spacial score (nSPS) is 10.9. The number of aromatic nitrogens is 3. The third-order valence-electron chi connectivity index (χ3n) is 4.11. The topological polar surface area (TPSA) is 69.0 Å². The van der Waals surface area contributed by atoms with E-state index in [9.17, 15) is 13.6 Å². The van der Waals surface area contributed by atoms with Crippen molar-refractivity contribution in [1.29, 1.82) is 0 Å². The van der Waals surface area contributed by atoms with E-state index in [1.807, 2.05) is 42.7 Å². The highest BCUT2D eigenvalue weighted by Crippen LogP contribution is 2.26. The Morgan fingerprint density at radius 3 is 2.55 bits per heavy atom. The third kappa shape index (κ3) is 5.32. The number of amides is 1. The lowest BCUT2D eigenvalue weighted by molar-refractivity contribution is -0.113. The van der Waals surface area contributed by atoms with Gasteiger partial charge in [-0.05, 0) is 43.7 Å². The van der Waals surface area contributed by atoms with Crippen LogP contribution in [0.15, 0.2) is 53.7 Å². The summed E-state index contributed by atoms with van der Waals surface area (Å²) in [4.78, 5) is 12.2. The minimum atomic E-state index is -2.88. The van der Waals surface area contributed by atoms with Gasteiger partial charge in [-0.1, -0.05) is 36.0 Å². The number of halogens is 2. The Kier molecular flexibility index (Phi) is 6.82. The van der Waals surface area contributed by atoms with Gasteiger partial charge in [0.25, 0.3) is 0 Å². The summed E-state index contributed by atoms with van der Waals surface area (Å²) < 4.78 is 30.6. The monoisotopic (exact) mass is 418 g/mol. The van der Waals surface area contributed by atoms with E-state index < -0.39 is 6.61 Å². The van der Waals surface area contributed by atoms with Crippen LogP contribution in [0.2, 0.25) is 0 Å². The molecule has 2 aromatic carbocycles. The second-order valence-electron chi connectivity index (χ2n) is 6.11. The van der Waals surface area contributed by atoms with Crippen LogP contribution in [-0.4, -0.2) is 33.0 Å². The zero-order valence-electron chi connectivity index (χ0n) is 15.9. The van der Waals surface area contributed by atoms with Gasteiger partial charge >= 0.3 is 6.61 Å². The summed E-state index contributed by atoms with van der Waals surface area (Å²) in [5.41, 5.74) is 2.60. The van der Waals surface area contributed by atoms with E-state index in [1.165, 1.54) is 36.0 Å². The Balaban J connectivity index is 1.63. The first-order chi connectivity index (χ1) is 14.0. The predicted octanol–water partition coefficient (Wildman–Crippen LogP) is 4.61. The zero-order valence-corrected chi connectivity index (χ0v) is 16.7. The number of thioether (sulfide) groups is 1. The van der Waals surface area contributed by atoms with E-state index in [2.05, 4.69) is 20.3 Å². The molecule has 3 aromatic rings. The van der Waals surface area contributed by atoms with Crippen LogP contribution in [-0.2, 0) is 11.3 Å². The molecule has 0 spiro atoms. The summed E-state index contributed by atoms with van der Waals surface area (Å²) in [5, 5.41) is 11.9. The van der Waals surface area contributed by atoms with Crippen LogP contribution < -0.4 is 10.1 Å². The Bertz CT molecular complexity index is 977. The molecule has 0 aliphatic rings. The lowest BCUT2D eigenvalue weighted by Gasteiger charge is -2.09. The number of hydrogen-bond donors (Lipinski definition) is 1. The van der Waals surface area contributed by atoms with E-state index in [0.29, 0.717) is 17.4 Å². The first kappa shape index (κ1) is 20.8. The van der Waals surface area contributed by atoms with Gasteiger partial charge in [0, 0.05) is 17.8 Å². The fourth-order valence-corrected chi connectivity index (χ4v) is 3.55. The lowest BCUT2D eigenvalue weighted by Crippen LogP contribution is -2.14. The number of nitrogens with zero attached hydrogens (tertiary/aromatic N) is 3. The number of anilines is 1. The number of rotatable bonds is 8. The van der Waals surface area contributed by atoms with Crippen molar-refractivity contribution in [1.82, 2.24) is 14.8 Å². The van der Waals surface area contributed by atoms with Crippen molar-refractivity contribution >= 4 is 23.4 Å². The molecule has 0 radical (unpaired) electrons. The maximum atomic E-state index is 12.2. The molecular formula is C20H20F2N4O2S. The highest BCUT2D eigenvalue weighted by atomic mass is 32.2. The first-order valence-corrected chi connectivity index (χ1v) is 9.93. The molecule has 0 atom stereocenters. The Morgan fingerprint density at radius 1 is 1.17 bits per heavy atom. The minimum absolute atomic E-state index is 0.0344. The van der Waals surface area contributed by atoms with Crippen molar-refractivity contribution in [2.75, 3.05) is 11.1 Å². The maximum Gasteiger partial charge on any atom is 0.387 e. The molecule has 152 valence electrons. The summed E-state index contributed by atoms with van der Waals surface area (Å²) in [5.74, 6) is 0.706. The molecule has 0 saturated carbocycles. The van der Waals surface area contributed by atoms with E-state index in [0.717, 1.165) is 17.0 Å². The molecule has 29 heavy (non-hydrogen) atoms. The number of benzene rings is 2. The fourth-order valence-electron chi connectivity index (χ4n) is 2.75. The molecule has 0 aliphatic carbocycles. The van der Waals surface area contributed by atoms with Crippen molar-refractivity contribution in [2.24, 2.45) is 0 Å². The molecule has 1 N–H and O–H groups in total. The third-order valence-corrected chi connectivity index (χ3v) is 5.08. The summed E-state index contributed by atoms with van der Waals surface area (Å²) >= 11 is 1.29. The number of alkyl halides is 2. The number of carbonyl (C=O) groups excluding carboxylic acids is 1. The SMILES string of the molecule is CCn1c(SCC(=O)Nc2ccc(OC(F)F)cc2)nnc1-c1ccccc1C. The molecule has 0 saturated heterocycles. The van der Waals surface area contributed by atoms with Gasteiger partial charge in [0.2, 0.25) is 5.91 Å². The van der Waals surface area contributed by atoms with Gasteiger partial charge in [-0.15, -0.1) is 10.2 Å². The molecule has 1 amide bonds. The van der Waals surface area contributed by atoms with Crippen molar-refractivity contribution in [2.45, 2.75) is 32.2 Å². The van der Waals surface area contributed by atoms with E-state index in [-0.39, 0.29) is 17.4 Å². The van der Waals surface area contributed by atoms with Crippen LogP contribution in [0.5, 0.6) is 5.75 Å². The van der Waals surface area contributed by atoms with Crippen LogP contribution in [0, 0.1) is 6.92 Å². The van der Waals surface area contributed by atoms with Gasteiger partial charge in [0.05, 0.1) is 5.75 Å². The van der Waals surface area contributed by atoms with Crippen molar-refractivity contribution in [3.8, 4) is 17.1 Å². The van der Waals surface area contributed by atoms with Crippen LogP contribution in [0.4, 0.5) is 14.5 Å². The predicted molar refractivity (Wildman–Crippen MR) is 108 cm³/mol. The van der Waals surface area contributed by atoms with Crippen LogP contribution in [0.25, 0.3) is 11.4 Å². The highest BCUT2D eigenvalue weighted by molar-refractivity contribution is 7.99. The average molecular weight is 418 g/mol. The van der Waals surface area contributed by atoms with Crippen LogP contribution in [0.3, 0.4) is 0 Å². The zero-order chi connectivity index (χ0) is 20.8. The number of aryl methyl sites for hydroxylation is 1. The summed E-state index contributed by atoms with van der Waals surface area (Å²) in [7, 11) is 0. The molecule has 6 nitrogen and oxygen atoms in total. The van der Waals surface area contributed by atoms with Gasteiger partial charge in [-0.3, -0.25) is 4.79 Å². The molecule has 0 bridgehead atoms. The van der Waals surface area contributed by atoms with Gasteiger partial charge < -0.3 is 14.6 Å². The van der Waals surface area contributed by atoms with Crippen molar-refractivity contribution in [3.63, 3.8) is 0 Å². The summed E-state index contributed by atoms with van der Waals surface area (Å²) in [6, 6.07) is 13.7. The largest absolute Gasteiger partial charge is 0.435 e. The molecule has 9 heteroatoms. The number of hydrogen-bond acceptors (Lipinski definition) is 5. The number of nitrogens with one attached hydrogen (secondary N) is 1.